The van der Waals surface area contributed by atoms with Crippen molar-refractivity contribution in [3.8, 4) is 0 Å². The molecule has 3 rings (SSSR count). The van der Waals surface area contributed by atoms with Crippen LogP contribution in [0.5, 0.6) is 0 Å². The summed E-state index contributed by atoms with van der Waals surface area (Å²) in [7, 11) is 0. The summed E-state index contributed by atoms with van der Waals surface area (Å²) in [6.45, 7) is 5.21. The van der Waals surface area contributed by atoms with E-state index in [-0.39, 0.29) is 18.9 Å². The van der Waals surface area contributed by atoms with Crippen LogP contribution in [0.25, 0.3) is 0 Å². The third-order valence-corrected chi connectivity index (χ3v) is 4.42. The minimum absolute atomic E-state index is 0.0443. The second kappa shape index (κ2) is 4.67. The molecule has 5 atom stereocenters. The molecular formula is C14H20O4. The van der Waals surface area contributed by atoms with Crippen LogP contribution in [0.2, 0.25) is 0 Å². The number of carbonyl (C=O) groups is 1. The molecule has 0 N–H and O–H groups in total. The summed E-state index contributed by atoms with van der Waals surface area (Å²) in [6, 6.07) is 0. The van der Waals surface area contributed by atoms with Crippen molar-refractivity contribution in [3.05, 3.63) is 12.2 Å². The quantitative estimate of drug-likeness (QED) is 0.332. The number of rotatable bonds is 4. The maximum absolute atomic E-state index is 11.2. The largest absolute Gasteiger partial charge is 0.435 e. The fourth-order valence-electron chi connectivity index (χ4n) is 3.40. The van der Waals surface area contributed by atoms with E-state index in [0.717, 1.165) is 18.8 Å². The number of carbonyl (C=O) groups excluding carboxylic acids is 1. The molecular weight excluding hydrogens is 232 g/mol. The Morgan fingerprint density at radius 2 is 2.22 bits per heavy atom. The summed E-state index contributed by atoms with van der Waals surface area (Å²) in [5.74, 6) is 1.13. The van der Waals surface area contributed by atoms with Crippen molar-refractivity contribution < 1.29 is 19.0 Å². The van der Waals surface area contributed by atoms with Gasteiger partial charge in [-0.1, -0.05) is 6.58 Å². The van der Waals surface area contributed by atoms with Crippen molar-refractivity contribution in [2.45, 2.75) is 50.9 Å². The van der Waals surface area contributed by atoms with Gasteiger partial charge in [0.2, 0.25) is 0 Å². The highest BCUT2D eigenvalue weighted by atomic mass is 16.7. The van der Waals surface area contributed by atoms with Gasteiger partial charge < -0.3 is 14.2 Å². The van der Waals surface area contributed by atoms with Crippen LogP contribution in [0.4, 0.5) is 0 Å². The van der Waals surface area contributed by atoms with Crippen LogP contribution in [-0.4, -0.2) is 31.1 Å². The van der Waals surface area contributed by atoms with Gasteiger partial charge >= 0.3 is 5.97 Å². The summed E-state index contributed by atoms with van der Waals surface area (Å²) in [4.78, 5) is 11.2. The van der Waals surface area contributed by atoms with Gasteiger partial charge in [0.1, 0.15) is 0 Å². The lowest BCUT2D eigenvalue weighted by atomic mass is 9.79. The van der Waals surface area contributed by atoms with E-state index in [2.05, 4.69) is 6.58 Å². The van der Waals surface area contributed by atoms with E-state index in [9.17, 15) is 4.79 Å². The fraction of sp³-hybridized carbons (Fsp3) is 0.786. The maximum atomic E-state index is 11.2. The van der Waals surface area contributed by atoms with Gasteiger partial charge in [-0.2, -0.15) is 0 Å². The number of hydrogen-bond donors (Lipinski definition) is 0. The molecule has 2 aliphatic carbocycles. The number of epoxide rings is 1. The molecule has 5 unspecified atom stereocenters. The smallest absolute Gasteiger partial charge is 0.335 e. The second-order valence-electron chi connectivity index (χ2n) is 5.73. The molecule has 100 valence electrons. The Morgan fingerprint density at radius 1 is 1.39 bits per heavy atom. The highest BCUT2D eigenvalue weighted by Gasteiger charge is 2.56. The molecule has 18 heavy (non-hydrogen) atoms. The molecule has 1 aliphatic heterocycles. The SMILES string of the molecule is C=C(C)C(=O)OCOC1CCC2CC3OC3C2C1. The van der Waals surface area contributed by atoms with Crippen LogP contribution >= 0.6 is 0 Å². The molecule has 2 saturated carbocycles. The van der Waals surface area contributed by atoms with Gasteiger partial charge in [-0.25, -0.2) is 4.79 Å². The van der Waals surface area contributed by atoms with Gasteiger partial charge in [0.05, 0.1) is 18.3 Å². The first-order chi connectivity index (χ1) is 8.65. The summed E-state index contributed by atoms with van der Waals surface area (Å²) in [5.41, 5.74) is 0.410. The Bertz CT molecular complexity index is 365. The zero-order valence-electron chi connectivity index (χ0n) is 10.8. The van der Waals surface area contributed by atoms with Gasteiger partial charge in [-0.15, -0.1) is 0 Å². The van der Waals surface area contributed by atoms with E-state index >= 15 is 0 Å². The molecule has 1 saturated heterocycles. The molecule has 0 spiro atoms. The van der Waals surface area contributed by atoms with Crippen LogP contribution in [-0.2, 0) is 19.0 Å². The molecule has 3 fully saturated rings. The number of fused-ring (bicyclic) bond motifs is 3. The van der Waals surface area contributed by atoms with Crippen LogP contribution in [0.3, 0.4) is 0 Å². The molecule has 3 aliphatic rings. The first kappa shape index (κ1) is 12.2. The minimum atomic E-state index is -0.379. The average molecular weight is 252 g/mol. The molecule has 4 heteroatoms. The Hall–Kier alpha value is -0.870. The third-order valence-electron chi connectivity index (χ3n) is 4.42. The van der Waals surface area contributed by atoms with E-state index in [1.807, 2.05) is 0 Å². The van der Waals surface area contributed by atoms with Crippen molar-refractivity contribution in [1.29, 1.82) is 0 Å². The zero-order chi connectivity index (χ0) is 12.7. The maximum Gasteiger partial charge on any atom is 0.335 e. The van der Waals surface area contributed by atoms with Gasteiger partial charge in [0.15, 0.2) is 6.79 Å². The summed E-state index contributed by atoms with van der Waals surface area (Å²) in [6.07, 6.45) is 5.85. The zero-order valence-corrected chi connectivity index (χ0v) is 10.8. The first-order valence-electron chi connectivity index (χ1n) is 6.75. The van der Waals surface area contributed by atoms with Crippen molar-refractivity contribution >= 4 is 5.97 Å². The van der Waals surface area contributed by atoms with E-state index in [1.54, 1.807) is 6.92 Å². The number of esters is 1. The van der Waals surface area contributed by atoms with E-state index < -0.39 is 0 Å². The lowest BCUT2D eigenvalue weighted by Crippen LogP contribution is -2.30. The molecule has 0 aromatic heterocycles. The molecule has 4 nitrogen and oxygen atoms in total. The molecule has 0 radical (unpaired) electrons. The number of ether oxygens (including phenoxy) is 3. The minimum Gasteiger partial charge on any atom is -0.435 e. The summed E-state index contributed by atoms with van der Waals surface area (Å²) >= 11 is 0. The molecule has 0 aromatic rings. The van der Waals surface area contributed by atoms with Crippen molar-refractivity contribution in [1.82, 2.24) is 0 Å². The molecule has 0 amide bonds. The van der Waals surface area contributed by atoms with E-state index in [4.69, 9.17) is 14.2 Å². The topological polar surface area (TPSA) is 48.1 Å². The first-order valence-corrected chi connectivity index (χ1v) is 6.75. The predicted octanol–water partition coefficient (Wildman–Crippen LogP) is 2.04. The lowest BCUT2D eigenvalue weighted by Gasteiger charge is -2.32. The average Bonchev–Trinajstić information content (AvgIpc) is 3.03. The third kappa shape index (κ3) is 2.31. The highest BCUT2D eigenvalue weighted by molar-refractivity contribution is 5.86. The predicted molar refractivity (Wildman–Crippen MR) is 64.8 cm³/mol. The van der Waals surface area contributed by atoms with Crippen molar-refractivity contribution in [2.75, 3.05) is 6.79 Å². The molecule has 0 aromatic carbocycles. The fourth-order valence-corrected chi connectivity index (χ4v) is 3.40. The van der Waals surface area contributed by atoms with Crippen LogP contribution in [0.15, 0.2) is 12.2 Å². The van der Waals surface area contributed by atoms with Gasteiger partial charge in [-0.3, -0.25) is 0 Å². The highest BCUT2D eigenvalue weighted by Crippen LogP contribution is 2.53. The monoisotopic (exact) mass is 252 g/mol. The second-order valence-corrected chi connectivity index (χ2v) is 5.73. The van der Waals surface area contributed by atoms with Crippen molar-refractivity contribution in [2.24, 2.45) is 11.8 Å². The molecule has 1 heterocycles. The standard InChI is InChI=1S/C14H20O4/c1-8(2)14(15)17-7-16-10-4-3-9-5-12-13(18-12)11(9)6-10/h9-13H,1,3-7H2,2H3. The Kier molecular flexibility index (Phi) is 3.16. The van der Waals surface area contributed by atoms with Gasteiger partial charge in [0, 0.05) is 5.57 Å². The van der Waals surface area contributed by atoms with Gasteiger partial charge in [0.25, 0.3) is 0 Å². The van der Waals surface area contributed by atoms with Crippen LogP contribution in [0, 0.1) is 11.8 Å². The van der Waals surface area contributed by atoms with Crippen LogP contribution in [0.1, 0.15) is 32.6 Å². The Labute approximate surface area is 107 Å². The van der Waals surface area contributed by atoms with E-state index in [1.165, 1.54) is 12.8 Å². The lowest BCUT2D eigenvalue weighted by molar-refractivity contribution is -0.159. The number of hydrogen-bond acceptors (Lipinski definition) is 4. The van der Waals surface area contributed by atoms with Crippen molar-refractivity contribution in [3.63, 3.8) is 0 Å². The summed E-state index contributed by atoms with van der Waals surface area (Å²) in [5, 5.41) is 0. The summed E-state index contributed by atoms with van der Waals surface area (Å²) < 4.78 is 16.2. The Morgan fingerprint density at radius 3 is 3.00 bits per heavy atom. The molecule has 0 bridgehead atoms. The van der Waals surface area contributed by atoms with Gasteiger partial charge in [-0.05, 0) is 44.4 Å². The Balaban J connectivity index is 1.41. The van der Waals surface area contributed by atoms with Crippen LogP contribution < -0.4 is 0 Å². The van der Waals surface area contributed by atoms with E-state index in [0.29, 0.717) is 23.7 Å². The normalized spacial score (nSPS) is 40.8.